The molecule has 0 saturated carbocycles. The molecular weight excluding hydrogens is 400 g/mol. The van der Waals surface area contributed by atoms with Crippen LogP contribution in [-0.2, 0) is 7.05 Å². The van der Waals surface area contributed by atoms with Crippen molar-refractivity contribution in [2.24, 2.45) is 13.0 Å². The van der Waals surface area contributed by atoms with Crippen molar-refractivity contribution in [1.29, 1.82) is 0 Å². The zero-order chi connectivity index (χ0) is 21.5. The zero-order valence-electron chi connectivity index (χ0n) is 17.3. The van der Waals surface area contributed by atoms with Crippen LogP contribution in [0.25, 0.3) is 0 Å². The van der Waals surface area contributed by atoms with Gasteiger partial charge in [0.2, 0.25) is 5.88 Å². The Bertz CT molecular complexity index is 1140. The molecule has 0 bridgehead atoms. The molecule has 1 aliphatic heterocycles. The first-order valence-corrected chi connectivity index (χ1v) is 10.6. The minimum Gasteiger partial charge on any atom is -0.508 e. The summed E-state index contributed by atoms with van der Waals surface area (Å²) in [6, 6.07) is 16.2. The van der Waals surface area contributed by atoms with Gasteiger partial charge >= 0.3 is 0 Å². The van der Waals surface area contributed by atoms with Crippen molar-refractivity contribution >= 4 is 11.8 Å². The highest BCUT2D eigenvalue weighted by molar-refractivity contribution is 7.99. The van der Waals surface area contributed by atoms with E-state index >= 15 is 0 Å². The Morgan fingerprint density at radius 3 is 2.63 bits per heavy atom. The lowest BCUT2D eigenvalue weighted by Crippen LogP contribution is -2.44. The lowest BCUT2D eigenvalue weighted by molar-refractivity contribution is -0.0364. The number of phenols is 1. The number of hydrogen-bond donors (Lipinski definition) is 1. The molecule has 2 unspecified atom stereocenters. The maximum atomic E-state index is 11.7. The third-order valence-electron chi connectivity index (χ3n) is 5.45. The molecule has 0 aliphatic carbocycles. The number of rotatable bonds is 4. The molecule has 1 aromatic heterocycles. The van der Waals surface area contributed by atoms with Gasteiger partial charge in [0.05, 0.1) is 0 Å². The van der Waals surface area contributed by atoms with E-state index in [0.717, 1.165) is 21.1 Å². The molecule has 3 aromatic rings. The molecule has 2 heterocycles. The van der Waals surface area contributed by atoms with Crippen molar-refractivity contribution in [1.82, 2.24) is 9.78 Å². The van der Waals surface area contributed by atoms with E-state index in [0.29, 0.717) is 5.88 Å². The second-order valence-electron chi connectivity index (χ2n) is 7.97. The van der Waals surface area contributed by atoms with E-state index < -0.39 is 5.60 Å². The van der Waals surface area contributed by atoms with Crippen LogP contribution in [0.5, 0.6) is 17.4 Å². The molecule has 6 nitrogen and oxygen atoms in total. The van der Waals surface area contributed by atoms with Gasteiger partial charge in [0.15, 0.2) is 0 Å². The average Bonchev–Trinajstić information content (AvgIpc) is 2.68. The van der Waals surface area contributed by atoms with Crippen LogP contribution in [0.4, 0.5) is 0 Å². The summed E-state index contributed by atoms with van der Waals surface area (Å²) in [6.07, 6.45) is -0.293. The normalized spacial score (nSPS) is 19.6. The molecular formula is C23H24N2O4S. The minimum absolute atomic E-state index is 0.0325. The number of aryl methyl sites for hydroxylation is 1. The summed E-state index contributed by atoms with van der Waals surface area (Å²) < 4.78 is 13.8. The van der Waals surface area contributed by atoms with E-state index in [1.54, 1.807) is 37.0 Å². The highest BCUT2D eigenvalue weighted by atomic mass is 32.2. The van der Waals surface area contributed by atoms with E-state index in [1.807, 2.05) is 38.1 Å². The van der Waals surface area contributed by atoms with E-state index in [-0.39, 0.29) is 23.3 Å². The number of aromatic nitrogens is 2. The van der Waals surface area contributed by atoms with Crippen LogP contribution in [-0.4, -0.2) is 20.5 Å². The van der Waals surface area contributed by atoms with Gasteiger partial charge < -0.3 is 14.6 Å². The van der Waals surface area contributed by atoms with Crippen molar-refractivity contribution in [2.75, 3.05) is 0 Å². The molecule has 1 N–H and O–H groups in total. The number of aromatic hydroxyl groups is 1. The van der Waals surface area contributed by atoms with Crippen molar-refractivity contribution in [3.63, 3.8) is 0 Å². The number of phenolic OH excluding ortho intramolecular Hbond substituents is 1. The first-order chi connectivity index (χ1) is 14.2. The van der Waals surface area contributed by atoms with Crippen LogP contribution in [0.3, 0.4) is 0 Å². The van der Waals surface area contributed by atoms with Gasteiger partial charge in [-0.2, -0.15) is 0 Å². The summed E-state index contributed by atoms with van der Waals surface area (Å²) >= 11 is 1.56. The molecule has 1 aliphatic rings. The predicted octanol–water partition coefficient (Wildman–Crippen LogP) is 4.56. The summed E-state index contributed by atoms with van der Waals surface area (Å²) in [6.45, 7) is 6.17. The standard InChI is InChI=1S/C23H24N2O4S/c1-14-22(28-20-10-11-21(27)25(4)24-20)18-13-17(8-9-19(18)29-23(14,2)3)30-16-7-5-6-15(26)12-16/h5-14,22,26H,1-4H3. The maximum Gasteiger partial charge on any atom is 0.266 e. The van der Waals surface area contributed by atoms with E-state index in [2.05, 4.69) is 18.1 Å². The topological polar surface area (TPSA) is 73.6 Å². The van der Waals surface area contributed by atoms with Gasteiger partial charge in [-0.1, -0.05) is 24.8 Å². The van der Waals surface area contributed by atoms with Crippen LogP contribution >= 0.6 is 11.8 Å². The fourth-order valence-electron chi connectivity index (χ4n) is 3.44. The van der Waals surface area contributed by atoms with Crippen LogP contribution in [0.15, 0.2) is 69.2 Å². The molecule has 2 aromatic carbocycles. The number of benzene rings is 2. The molecule has 2 atom stereocenters. The minimum atomic E-state index is -0.432. The van der Waals surface area contributed by atoms with Crippen molar-refractivity contribution < 1.29 is 14.6 Å². The largest absolute Gasteiger partial charge is 0.508 e. The highest BCUT2D eigenvalue weighted by Crippen LogP contribution is 2.47. The van der Waals surface area contributed by atoms with E-state index in [4.69, 9.17) is 9.47 Å². The summed E-state index contributed by atoms with van der Waals surface area (Å²) in [5.41, 5.74) is 0.314. The van der Waals surface area contributed by atoms with Gasteiger partial charge in [-0.15, -0.1) is 5.10 Å². The van der Waals surface area contributed by atoms with Crippen molar-refractivity contribution in [3.05, 3.63) is 70.5 Å². The third-order valence-corrected chi connectivity index (χ3v) is 6.43. The van der Waals surface area contributed by atoms with Crippen molar-refractivity contribution in [3.8, 4) is 17.4 Å². The molecule has 7 heteroatoms. The Kier molecular flexibility index (Phi) is 5.24. The Balaban J connectivity index is 1.71. The van der Waals surface area contributed by atoms with Gasteiger partial charge in [0, 0.05) is 40.5 Å². The molecule has 156 valence electrons. The SMILES string of the molecule is CC1C(Oc2ccc(=O)n(C)n2)c2cc(Sc3cccc(O)c3)ccc2OC1(C)C. The van der Waals surface area contributed by atoms with Crippen LogP contribution in [0.1, 0.15) is 32.4 Å². The number of fused-ring (bicyclic) bond motifs is 1. The molecule has 30 heavy (non-hydrogen) atoms. The Morgan fingerprint density at radius 1 is 1.13 bits per heavy atom. The summed E-state index contributed by atoms with van der Waals surface area (Å²) in [4.78, 5) is 13.6. The van der Waals surface area contributed by atoms with E-state index in [9.17, 15) is 9.90 Å². The van der Waals surface area contributed by atoms with Crippen LogP contribution < -0.4 is 15.0 Å². The fraction of sp³-hybridized carbons (Fsp3) is 0.304. The van der Waals surface area contributed by atoms with Gasteiger partial charge in [-0.05, 0) is 50.2 Å². The molecule has 0 radical (unpaired) electrons. The zero-order valence-corrected chi connectivity index (χ0v) is 18.1. The molecule has 0 fully saturated rings. The van der Waals surface area contributed by atoms with Crippen molar-refractivity contribution in [2.45, 2.75) is 42.3 Å². The average molecular weight is 425 g/mol. The Morgan fingerprint density at radius 2 is 1.90 bits per heavy atom. The summed E-state index contributed by atoms with van der Waals surface area (Å²) in [5, 5.41) is 14.0. The first kappa shape index (κ1) is 20.3. The van der Waals surface area contributed by atoms with Gasteiger partial charge in [0.25, 0.3) is 5.56 Å². The Hall–Kier alpha value is -2.93. The third kappa shape index (κ3) is 4.03. The van der Waals surface area contributed by atoms with Crippen LogP contribution in [0.2, 0.25) is 0 Å². The Labute approximate surface area is 179 Å². The first-order valence-electron chi connectivity index (χ1n) is 9.74. The quantitative estimate of drug-likeness (QED) is 0.662. The predicted molar refractivity (Wildman–Crippen MR) is 115 cm³/mol. The molecule has 4 rings (SSSR count). The second kappa shape index (κ2) is 7.72. The number of nitrogens with zero attached hydrogens (tertiary/aromatic N) is 2. The summed E-state index contributed by atoms with van der Waals surface area (Å²) in [7, 11) is 1.60. The number of ether oxygens (including phenoxy) is 2. The smallest absolute Gasteiger partial charge is 0.266 e. The number of hydrogen-bond acceptors (Lipinski definition) is 6. The van der Waals surface area contributed by atoms with Crippen LogP contribution in [0, 0.1) is 5.92 Å². The lowest BCUT2D eigenvalue weighted by Gasteiger charge is -2.43. The molecule has 0 spiro atoms. The van der Waals surface area contributed by atoms with E-state index in [1.165, 1.54) is 10.7 Å². The summed E-state index contributed by atoms with van der Waals surface area (Å²) in [5.74, 6) is 1.43. The second-order valence-corrected chi connectivity index (χ2v) is 9.11. The lowest BCUT2D eigenvalue weighted by atomic mass is 9.81. The molecule has 0 amide bonds. The monoisotopic (exact) mass is 424 g/mol. The van der Waals surface area contributed by atoms with Gasteiger partial charge in [-0.25, -0.2) is 4.68 Å². The highest BCUT2D eigenvalue weighted by Gasteiger charge is 2.42. The van der Waals surface area contributed by atoms with Gasteiger partial charge in [-0.3, -0.25) is 4.79 Å². The maximum absolute atomic E-state index is 11.7. The van der Waals surface area contributed by atoms with Gasteiger partial charge in [0.1, 0.15) is 23.2 Å². The molecule has 0 saturated heterocycles. The fourth-order valence-corrected chi connectivity index (χ4v) is 4.36.